The van der Waals surface area contributed by atoms with E-state index in [0.717, 1.165) is 99.1 Å². The van der Waals surface area contributed by atoms with E-state index in [1.165, 1.54) is 0 Å². The first-order valence-corrected chi connectivity index (χ1v) is 15.2. The molecule has 0 atom stereocenters. The van der Waals surface area contributed by atoms with Crippen LogP contribution in [-0.2, 0) is 0 Å². The molecule has 0 unspecified atom stereocenters. The molecule has 0 saturated carbocycles. The minimum atomic E-state index is 0.765. The Kier molecular flexibility index (Phi) is 5.22. The van der Waals surface area contributed by atoms with Crippen molar-refractivity contribution in [2.24, 2.45) is 0 Å². The SMILES string of the molecule is c1ccc2cc3c(cc2c1)oc1c(-c2cc(-c4ccncc4)cc(-c4ccnc5c4oc4cc6ccccc6cc45)c2)ccnc13. The van der Waals surface area contributed by atoms with Crippen LogP contribution in [0.25, 0.3) is 99.1 Å². The van der Waals surface area contributed by atoms with Crippen LogP contribution in [0, 0.1) is 0 Å². The molecule has 0 radical (unpaired) electrons. The van der Waals surface area contributed by atoms with E-state index < -0.39 is 0 Å². The van der Waals surface area contributed by atoms with Gasteiger partial charge in [0.15, 0.2) is 11.2 Å². The summed E-state index contributed by atoms with van der Waals surface area (Å²) in [5.41, 5.74) is 11.0. The molecule has 10 aromatic rings. The Morgan fingerprint density at radius 1 is 0.391 bits per heavy atom. The molecule has 46 heavy (non-hydrogen) atoms. The van der Waals surface area contributed by atoms with Crippen LogP contribution in [0.5, 0.6) is 0 Å². The van der Waals surface area contributed by atoms with E-state index in [9.17, 15) is 0 Å². The fourth-order valence-electron chi connectivity index (χ4n) is 6.79. The zero-order chi connectivity index (χ0) is 30.2. The van der Waals surface area contributed by atoms with Crippen molar-refractivity contribution in [1.29, 1.82) is 0 Å². The van der Waals surface area contributed by atoms with Crippen LogP contribution in [-0.4, -0.2) is 15.0 Å². The third-order valence-electron chi connectivity index (χ3n) is 9.01. The quantitative estimate of drug-likeness (QED) is 0.205. The first-order chi connectivity index (χ1) is 22.8. The van der Waals surface area contributed by atoms with E-state index in [4.69, 9.17) is 18.8 Å². The number of fused-ring (bicyclic) bond motifs is 8. The lowest BCUT2D eigenvalue weighted by atomic mass is 9.93. The standard InChI is InChI=1S/C41H23N3O2/c1-3-7-27-22-36-34(20-25(27)5-1)38-40(45-36)32(11-15-43-38)30-17-29(24-9-13-42-14-10-24)18-31(19-30)33-12-16-44-39-35-21-26-6-2-4-8-28(26)23-37(35)46-41(33)39/h1-23H. The van der Waals surface area contributed by atoms with Gasteiger partial charge >= 0.3 is 0 Å². The van der Waals surface area contributed by atoms with Gasteiger partial charge in [0.25, 0.3) is 0 Å². The first kappa shape index (κ1) is 25.0. The van der Waals surface area contributed by atoms with Crippen molar-refractivity contribution in [3.8, 4) is 33.4 Å². The smallest absolute Gasteiger partial charge is 0.161 e. The van der Waals surface area contributed by atoms with Gasteiger partial charge in [-0.25, -0.2) is 0 Å². The Morgan fingerprint density at radius 3 is 1.35 bits per heavy atom. The van der Waals surface area contributed by atoms with Crippen LogP contribution in [0.1, 0.15) is 0 Å². The third-order valence-corrected chi connectivity index (χ3v) is 9.01. The number of hydrogen-bond donors (Lipinski definition) is 0. The molecule has 5 aromatic heterocycles. The van der Waals surface area contributed by atoms with Crippen LogP contribution in [0.15, 0.2) is 149 Å². The molecule has 10 rings (SSSR count). The monoisotopic (exact) mass is 589 g/mol. The second-order valence-electron chi connectivity index (χ2n) is 11.7. The molecule has 0 spiro atoms. The number of furan rings is 2. The van der Waals surface area contributed by atoms with Gasteiger partial charge in [0, 0.05) is 46.7 Å². The number of pyridine rings is 3. The highest BCUT2D eigenvalue weighted by Crippen LogP contribution is 2.42. The molecule has 0 bridgehead atoms. The fourth-order valence-corrected chi connectivity index (χ4v) is 6.79. The lowest BCUT2D eigenvalue weighted by molar-refractivity contribution is 0.669. The highest BCUT2D eigenvalue weighted by Gasteiger charge is 2.19. The predicted octanol–water partition coefficient (Wildman–Crippen LogP) is 11.0. The molecule has 5 nitrogen and oxygen atoms in total. The topological polar surface area (TPSA) is 65.0 Å². The van der Waals surface area contributed by atoms with E-state index in [0.29, 0.717) is 0 Å². The highest BCUT2D eigenvalue weighted by molar-refractivity contribution is 6.13. The number of benzene rings is 5. The molecular weight excluding hydrogens is 566 g/mol. The van der Waals surface area contributed by atoms with Crippen LogP contribution >= 0.6 is 0 Å². The summed E-state index contributed by atoms with van der Waals surface area (Å²) in [6.45, 7) is 0. The molecular formula is C41H23N3O2. The Hall–Kier alpha value is -6.33. The van der Waals surface area contributed by atoms with Crippen molar-refractivity contribution in [2.45, 2.75) is 0 Å². The normalized spacial score (nSPS) is 11.9. The van der Waals surface area contributed by atoms with Crippen LogP contribution in [0.2, 0.25) is 0 Å². The largest absolute Gasteiger partial charge is 0.454 e. The average Bonchev–Trinajstić information content (AvgIpc) is 3.67. The lowest BCUT2D eigenvalue weighted by Gasteiger charge is -2.11. The average molecular weight is 590 g/mol. The summed E-state index contributed by atoms with van der Waals surface area (Å²) in [5.74, 6) is 0. The number of hydrogen-bond acceptors (Lipinski definition) is 5. The van der Waals surface area contributed by atoms with Crippen molar-refractivity contribution in [3.63, 3.8) is 0 Å². The van der Waals surface area contributed by atoms with Crippen molar-refractivity contribution in [1.82, 2.24) is 15.0 Å². The van der Waals surface area contributed by atoms with Gasteiger partial charge in [-0.1, -0.05) is 48.5 Å². The number of aromatic nitrogens is 3. The summed E-state index contributed by atoms with van der Waals surface area (Å²) >= 11 is 0. The Bertz CT molecular complexity index is 2640. The fraction of sp³-hybridized carbons (Fsp3) is 0. The molecule has 5 aromatic carbocycles. The van der Waals surface area contributed by atoms with Crippen LogP contribution in [0.3, 0.4) is 0 Å². The van der Waals surface area contributed by atoms with Crippen molar-refractivity contribution >= 4 is 65.7 Å². The molecule has 0 fully saturated rings. The maximum absolute atomic E-state index is 6.58. The van der Waals surface area contributed by atoms with Gasteiger partial charge in [0.05, 0.1) is 0 Å². The third kappa shape index (κ3) is 3.79. The summed E-state index contributed by atoms with van der Waals surface area (Å²) in [4.78, 5) is 13.8. The molecule has 0 N–H and O–H groups in total. The van der Waals surface area contributed by atoms with E-state index in [1.54, 1.807) is 0 Å². The van der Waals surface area contributed by atoms with Crippen molar-refractivity contribution in [3.05, 3.63) is 140 Å². The summed E-state index contributed by atoms with van der Waals surface area (Å²) in [7, 11) is 0. The molecule has 0 amide bonds. The van der Waals surface area contributed by atoms with E-state index in [-0.39, 0.29) is 0 Å². The molecule has 5 heteroatoms. The Balaban J connectivity index is 1.24. The van der Waals surface area contributed by atoms with Crippen LogP contribution < -0.4 is 0 Å². The number of rotatable bonds is 3. The van der Waals surface area contributed by atoms with Gasteiger partial charge in [-0.15, -0.1) is 0 Å². The highest BCUT2D eigenvalue weighted by atomic mass is 16.3. The van der Waals surface area contributed by atoms with Gasteiger partial charge in [-0.05, 0) is 111 Å². The zero-order valence-electron chi connectivity index (χ0n) is 24.4. The second-order valence-corrected chi connectivity index (χ2v) is 11.7. The maximum Gasteiger partial charge on any atom is 0.161 e. The van der Waals surface area contributed by atoms with Gasteiger partial charge in [0.2, 0.25) is 0 Å². The van der Waals surface area contributed by atoms with Gasteiger partial charge in [-0.2, -0.15) is 0 Å². The molecule has 214 valence electrons. The molecule has 0 saturated heterocycles. The van der Waals surface area contributed by atoms with E-state index in [1.807, 2.05) is 61.2 Å². The predicted molar refractivity (Wildman–Crippen MR) is 186 cm³/mol. The Labute approximate surface area is 262 Å². The number of nitrogens with zero attached hydrogens (tertiary/aromatic N) is 3. The summed E-state index contributed by atoms with van der Waals surface area (Å²) in [6.07, 6.45) is 7.39. The summed E-state index contributed by atoms with van der Waals surface area (Å²) < 4.78 is 13.2. The minimum absolute atomic E-state index is 0.765. The molecule has 0 aliphatic heterocycles. The van der Waals surface area contributed by atoms with E-state index in [2.05, 4.69) is 83.8 Å². The first-order valence-electron chi connectivity index (χ1n) is 15.2. The summed E-state index contributed by atoms with van der Waals surface area (Å²) in [5, 5.41) is 6.61. The Morgan fingerprint density at radius 2 is 0.848 bits per heavy atom. The van der Waals surface area contributed by atoms with Gasteiger partial charge in [0.1, 0.15) is 22.2 Å². The molecule has 5 heterocycles. The molecule has 0 aliphatic rings. The zero-order valence-corrected chi connectivity index (χ0v) is 24.4. The van der Waals surface area contributed by atoms with Gasteiger partial charge in [-0.3, -0.25) is 15.0 Å². The lowest BCUT2D eigenvalue weighted by Crippen LogP contribution is -1.88. The second kappa shape index (κ2) is 9.58. The maximum atomic E-state index is 6.58. The van der Waals surface area contributed by atoms with Crippen molar-refractivity contribution in [2.75, 3.05) is 0 Å². The summed E-state index contributed by atoms with van der Waals surface area (Å²) in [6, 6.07) is 40.0. The molecule has 0 aliphatic carbocycles. The van der Waals surface area contributed by atoms with Gasteiger partial charge < -0.3 is 8.83 Å². The van der Waals surface area contributed by atoms with Crippen molar-refractivity contribution < 1.29 is 8.83 Å². The minimum Gasteiger partial charge on any atom is -0.454 e. The van der Waals surface area contributed by atoms with Crippen LogP contribution in [0.4, 0.5) is 0 Å². The van der Waals surface area contributed by atoms with E-state index >= 15 is 0 Å².